The minimum atomic E-state index is -0.480. The number of piperidine rings is 1. The standard InChI is InChI=1S/C25H34N4O3/c1-19(2)21-5-3-20(4-6-21)17-27-10-7-25(8-11-27)24-26-9-12-29(24)18-22(32-25)23(30)28-13-15-31-16-14-28/h3-6,9,12,19,22H,7-8,10-11,13-18H2,1-2H3. The molecule has 0 aliphatic carbocycles. The van der Waals surface area contributed by atoms with Crippen LogP contribution in [0.25, 0.3) is 0 Å². The first-order valence-electron chi connectivity index (χ1n) is 11.9. The van der Waals surface area contributed by atoms with Gasteiger partial charge in [0.1, 0.15) is 11.4 Å². The molecule has 1 spiro atoms. The highest BCUT2D eigenvalue weighted by atomic mass is 16.5. The van der Waals surface area contributed by atoms with E-state index >= 15 is 0 Å². The fourth-order valence-corrected chi connectivity index (χ4v) is 5.19. The maximum atomic E-state index is 13.2. The van der Waals surface area contributed by atoms with E-state index in [4.69, 9.17) is 9.47 Å². The van der Waals surface area contributed by atoms with Crippen LogP contribution in [0.4, 0.5) is 0 Å². The number of fused-ring (bicyclic) bond motifs is 2. The van der Waals surface area contributed by atoms with E-state index in [-0.39, 0.29) is 5.91 Å². The van der Waals surface area contributed by atoms with E-state index in [9.17, 15) is 4.79 Å². The molecule has 172 valence electrons. The van der Waals surface area contributed by atoms with E-state index in [2.05, 4.69) is 52.6 Å². The molecule has 1 unspecified atom stereocenters. The van der Waals surface area contributed by atoms with Crippen molar-refractivity contribution in [3.8, 4) is 0 Å². The van der Waals surface area contributed by atoms with Crippen LogP contribution in [0.1, 0.15) is 49.6 Å². The number of rotatable bonds is 4. The number of aromatic nitrogens is 2. The number of ether oxygens (including phenoxy) is 2. The number of hydrogen-bond acceptors (Lipinski definition) is 5. The van der Waals surface area contributed by atoms with Crippen molar-refractivity contribution in [3.05, 3.63) is 53.6 Å². The third-order valence-corrected chi connectivity index (χ3v) is 7.17. The van der Waals surface area contributed by atoms with Crippen LogP contribution in [0, 0.1) is 0 Å². The summed E-state index contributed by atoms with van der Waals surface area (Å²) in [6.45, 7) is 10.3. The van der Waals surface area contributed by atoms with Crippen molar-refractivity contribution in [2.24, 2.45) is 0 Å². The second kappa shape index (κ2) is 8.96. The second-order valence-electron chi connectivity index (χ2n) is 9.61. The molecule has 7 nitrogen and oxygen atoms in total. The summed E-state index contributed by atoms with van der Waals surface area (Å²) in [6.07, 6.45) is 5.07. The van der Waals surface area contributed by atoms with E-state index in [1.807, 2.05) is 17.3 Å². The van der Waals surface area contributed by atoms with Gasteiger partial charge >= 0.3 is 0 Å². The molecule has 0 bridgehead atoms. The number of nitrogens with zero attached hydrogens (tertiary/aromatic N) is 4. The summed E-state index contributed by atoms with van der Waals surface area (Å²) < 4.78 is 14.2. The maximum absolute atomic E-state index is 13.2. The highest BCUT2D eigenvalue weighted by molar-refractivity contribution is 5.81. The van der Waals surface area contributed by atoms with E-state index in [1.54, 1.807) is 0 Å². The Morgan fingerprint density at radius 3 is 2.53 bits per heavy atom. The zero-order valence-corrected chi connectivity index (χ0v) is 19.2. The van der Waals surface area contributed by atoms with Gasteiger partial charge in [-0.3, -0.25) is 9.69 Å². The highest BCUT2D eigenvalue weighted by Crippen LogP contribution is 2.40. The van der Waals surface area contributed by atoms with Gasteiger partial charge in [0.05, 0.1) is 19.8 Å². The summed E-state index contributed by atoms with van der Waals surface area (Å²) >= 11 is 0. The second-order valence-corrected chi connectivity index (χ2v) is 9.61. The molecule has 0 saturated carbocycles. The molecule has 32 heavy (non-hydrogen) atoms. The molecule has 5 rings (SSSR count). The number of likely N-dealkylation sites (tertiary alicyclic amines) is 1. The molecular formula is C25H34N4O3. The van der Waals surface area contributed by atoms with Gasteiger partial charge in [-0.2, -0.15) is 0 Å². The number of hydrogen-bond donors (Lipinski definition) is 0. The molecule has 2 aromatic rings. The number of amides is 1. The van der Waals surface area contributed by atoms with Gasteiger partial charge in [-0.05, 0) is 29.9 Å². The normalized spacial score (nSPS) is 23.5. The first-order valence-corrected chi connectivity index (χ1v) is 11.9. The van der Waals surface area contributed by atoms with Gasteiger partial charge in [-0.25, -0.2) is 4.98 Å². The first-order chi connectivity index (χ1) is 15.5. The maximum Gasteiger partial charge on any atom is 0.253 e. The highest BCUT2D eigenvalue weighted by Gasteiger charge is 2.47. The van der Waals surface area contributed by atoms with Gasteiger partial charge in [0.2, 0.25) is 0 Å². The summed E-state index contributed by atoms with van der Waals surface area (Å²) in [5.74, 6) is 1.61. The minimum Gasteiger partial charge on any atom is -0.378 e. The largest absolute Gasteiger partial charge is 0.378 e. The smallest absolute Gasteiger partial charge is 0.253 e. The lowest BCUT2D eigenvalue weighted by molar-refractivity contribution is -0.183. The van der Waals surface area contributed by atoms with Crippen LogP contribution in [0.2, 0.25) is 0 Å². The topological polar surface area (TPSA) is 59.8 Å². The summed E-state index contributed by atoms with van der Waals surface area (Å²) in [7, 11) is 0. The molecule has 1 aromatic heterocycles. The van der Waals surface area contributed by atoms with Crippen LogP contribution in [0.3, 0.4) is 0 Å². The molecule has 2 saturated heterocycles. The van der Waals surface area contributed by atoms with Crippen LogP contribution in [0.5, 0.6) is 0 Å². The van der Waals surface area contributed by atoms with Gasteiger partial charge in [0.25, 0.3) is 5.91 Å². The van der Waals surface area contributed by atoms with Crippen molar-refractivity contribution in [1.82, 2.24) is 19.4 Å². The lowest BCUT2D eigenvalue weighted by atomic mass is 9.88. The van der Waals surface area contributed by atoms with Gasteiger partial charge < -0.3 is 18.9 Å². The van der Waals surface area contributed by atoms with Crippen LogP contribution >= 0.6 is 0 Å². The third kappa shape index (κ3) is 4.21. The molecule has 3 aliphatic rings. The van der Waals surface area contributed by atoms with Crippen molar-refractivity contribution in [2.45, 2.75) is 57.4 Å². The summed E-state index contributed by atoms with van der Waals surface area (Å²) in [5, 5.41) is 0. The summed E-state index contributed by atoms with van der Waals surface area (Å²) in [5.41, 5.74) is 2.24. The van der Waals surface area contributed by atoms with Crippen molar-refractivity contribution >= 4 is 5.91 Å². The molecule has 0 radical (unpaired) electrons. The lowest BCUT2D eigenvalue weighted by Crippen LogP contribution is -2.55. The molecule has 3 aliphatic heterocycles. The van der Waals surface area contributed by atoms with Gasteiger partial charge in [-0.1, -0.05) is 38.1 Å². The van der Waals surface area contributed by atoms with Crippen molar-refractivity contribution < 1.29 is 14.3 Å². The zero-order valence-electron chi connectivity index (χ0n) is 19.2. The predicted octanol–water partition coefficient (Wildman–Crippen LogP) is 2.76. The predicted molar refractivity (Wildman–Crippen MR) is 121 cm³/mol. The Kier molecular flexibility index (Phi) is 6.05. The quantitative estimate of drug-likeness (QED) is 0.735. The zero-order chi connectivity index (χ0) is 22.1. The Hall–Kier alpha value is -2.22. The van der Waals surface area contributed by atoms with E-state index in [1.165, 1.54) is 11.1 Å². The van der Waals surface area contributed by atoms with Crippen LogP contribution in [-0.2, 0) is 33.0 Å². The Bertz CT molecular complexity index is 925. The Morgan fingerprint density at radius 2 is 1.84 bits per heavy atom. The number of carbonyl (C=O) groups is 1. The number of imidazole rings is 1. The third-order valence-electron chi connectivity index (χ3n) is 7.17. The van der Waals surface area contributed by atoms with Crippen LogP contribution in [-0.4, -0.2) is 70.8 Å². The monoisotopic (exact) mass is 438 g/mol. The number of benzene rings is 1. The number of morpholine rings is 1. The average molecular weight is 439 g/mol. The van der Waals surface area contributed by atoms with Crippen LogP contribution in [0.15, 0.2) is 36.7 Å². The summed E-state index contributed by atoms with van der Waals surface area (Å²) in [6, 6.07) is 8.99. The average Bonchev–Trinajstić information content (AvgIpc) is 3.31. The molecule has 4 heterocycles. The van der Waals surface area contributed by atoms with Gasteiger partial charge in [0, 0.05) is 45.1 Å². The fraction of sp³-hybridized carbons (Fsp3) is 0.600. The van der Waals surface area contributed by atoms with Crippen LogP contribution < -0.4 is 0 Å². The number of carbonyl (C=O) groups excluding carboxylic acids is 1. The van der Waals surface area contributed by atoms with Crippen molar-refractivity contribution in [2.75, 3.05) is 39.4 Å². The Morgan fingerprint density at radius 1 is 1.12 bits per heavy atom. The van der Waals surface area contributed by atoms with Gasteiger partial charge in [0.15, 0.2) is 6.10 Å². The molecular weight excluding hydrogens is 404 g/mol. The molecule has 1 atom stereocenters. The van der Waals surface area contributed by atoms with E-state index in [0.29, 0.717) is 38.8 Å². The Labute approximate surface area is 190 Å². The molecule has 1 amide bonds. The minimum absolute atomic E-state index is 0.0831. The molecule has 0 N–H and O–H groups in total. The molecule has 1 aromatic carbocycles. The Balaban J connectivity index is 1.27. The van der Waals surface area contributed by atoms with E-state index < -0.39 is 11.7 Å². The molecule has 2 fully saturated rings. The van der Waals surface area contributed by atoms with Crippen molar-refractivity contribution in [3.63, 3.8) is 0 Å². The lowest BCUT2D eigenvalue weighted by Gasteiger charge is -2.46. The van der Waals surface area contributed by atoms with E-state index in [0.717, 1.165) is 38.3 Å². The first kappa shape index (κ1) is 21.6. The van der Waals surface area contributed by atoms with Crippen molar-refractivity contribution in [1.29, 1.82) is 0 Å². The fourth-order valence-electron chi connectivity index (χ4n) is 5.19. The summed E-state index contributed by atoms with van der Waals surface area (Å²) in [4.78, 5) is 22.2. The SMILES string of the molecule is CC(C)c1ccc(CN2CCC3(CC2)OC(C(=O)N2CCOCC2)Cn2ccnc23)cc1. The molecule has 7 heteroatoms. The van der Waals surface area contributed by atoms with Gasteiger partial charge in [-0.15, -0.1) is 0 Å².